The van der Waals surface area contributed by atoms with Crippen LogP contribution in [0.15, 0.2) is 22.7 Å². The minimum absolute atomic E-state index is 0.0849. The van der Waals surface area contributed by atoms with Crippen LogP contribution in [0.4, 0.5) is 5.69 Å². The van der Waals surface area contributed by atoms with Gasteiger partial charge in [-0.05, 0) is 19.0 Å². The average molecular weight is 361 g/mol. The highest BCUT2D eigenvalue weighted by Gasteiger charge is 2.16. The lowest BCUT2D eigenvalue weighted by Gasteiger charge is -2.14. The molecule has 0 aliphatic heterocycles. The largest absolute Gasteiger partial charge is 0.493 e. The Kier molecular flexibility index (Phi) is 7.10. The van der Waals surface area contributed by atoms with E-state index in [1.54, 1.807) is 6.07 Å². The number of carboxylic acids is 1. The van der Waals surface area contributed by atoms with Crippen LogP contribution in [0.1, 0.15) is 19.8 Å². The molecule has 0 radical (unpaired) electrons. The zero-order valence-electron chi connectivity index (χ0n) is 11.5. The van der Waals surface area contributed by atoms with E-state index >= 15 is 0 Å². The number of benzene rings is 1. The summed E-state index contributed by atoms with van der Waals surface area (Å²) in [4.78, 5) is 21.3. The smallest absolute Gasteiger partial charge is 0.320 e. The number of carboxylic acid groups (broad SMARTS) is 1. The number of aliphatic carboxylic acids is 1. The van der Waals surface area contributed by atoms with Crippen LogP contribution in [-0.2, 0) is 4.79 Å². The number of rotatable bonds is 9. The van der Waals surface area contributed by atoms with Crippen molar-refractivity contribution in [2.45, 2.75) is 25.8 Å². The van der Waals surface area contributed by atoms with Crippen LogP contribution < -0.4 is 10.1 Å². The minimum Gasteiger partial charge on any atom is -0.493 e. The standard InChI is InChI=1S/C13H17BrN2O5/c1-2-4-15-12(13(17)18)3-5-21-11-7-9(14)6-10(8-11)16(19)20/h6-8,12,15H,2-5H2,1H3,(H,17,18). The van der Waals surface area contributed by atoms with E-state index in [1.807, 2.05) is 6.92 Å². The van der Waals surface area contributed by atoms with Gasteiger partial charge in [-0.3, -0.25) is 14.9 Å². The number of halogens is 1. The molecule has 0 saturated heterocycles. The SMILES string of the molecule is CCCNC(CCOc1cc(Br)cc([N+](=O)[O-])c1)C(=O)O. The lowest BCUT2D eigenvalue weighted by molar-refractivity contribution is -0.385. The number of nitrogens with zero attached hydrogens (tertiary/aromatic N) is 1. The van der Waals surface area contributed by atoms with Crippen molar-refractivity contribution in [2.24, 2.45) is 0 Å². The lowest BCUT2D eigenvalue weighted by atomic mass is 10.2. The molecule has 0 heterocycles. The predicted octanol–water partition coefficient (Wildman–Crippen LogP) is 2.58. The molecular weight excluding hydrogens is 344 g/mol. The molecular formula is C13H17BrN2O5. The Morgan fingerprint density at radius 3 is 2.81 bits per heavy atom. The summed E-state index contributed by atoms with van der Waals surface area (Å²) >= 11 is 3.17. The van der Waals surface area contributed by atoms with Gasteiger partial charge in [-0.1, -0.05) is 22.9 Å². The van der Waals surface area contributed by atoms with Gasteiger partial charge in [-0.25, -0.2) is 0 Å². The number of nitro groups is 1. The Balaban J connectivity index is 2.58. The van der Waals surface area contributed by atoms with Crippen molar-refractivity contribution in [1.82, 2.24) is 5.32 Å². The first-order chi connectivity index (χ1) is 9.93. The van der Waals surface area contributed by atoms with Crippen LogP contribution in [0.2, 0.25) is 0 Å². The van der Waals surface area contributed by atoms with Gasteiger partial charge < -0.3 is 15.2 Å². The van der Waals surface area contributed by atoms with Crippen LogP contribution in [0, 0.1) is 10.1 Å². The van der Waals surface area contributed by atoms with Gasteiger partial charge in [0.25, 0.3) is 5.69 Å². The normalized spacial score (nSPS) is 11.9. The molecule has 0 spiro atoms. The van der Waals surface area contributed by atoms with Crippen LogP contribution in [0.3, 0.4) is 0 Å². The molecule has 0 saturated carbocycles. The summed E-state index contributed by atoms with van der Waals surface area (Å²) in [7, 11) is 0. The van der Waals surface area contributed by atoms with Gasteiger partial charge in [-0.15, -0.1) is 0 Å². The van der Waals surface area contributed by atoms with Gasteiger partial charge in [0.1, 0.15) is 11.8 Å². The highest BCUT2D eigenvalue weighted by molar-refractivity contribution is 9.10. The number of hydrogen-bond donors (Lipinski definition) is 2. The molecule has 0 bridgehead atoms. The quantitative estimate of drug-likeness (QED) is 0.518. The Bertz CT molecular complexity index is 509. The Labute approximate surface area is 130 Å². The maximum atomic E-state index is 11.0. The first-order valence-corrected chi connectivity index (χ1v) is 7.27. The zero-order valence-corrected chi connectivity index (χ0v) is 13.1. The van der Waals surface area contributed by atoms with E-state index in [0.717, 1.165) is 6.42 Å². The van der Waals surface area contributed by atoms with Crippen molar-refractivity contribution >= 4 is 27.6 Å². The van der Waals surface area contributed by atoms with Gasteiger partial charge in [0.2, 0.25) is 0 Å². The molecule has 0 aromatic heterocycles. The van der Waals surface area contributed by atoms with Crippen molar-refractivity contribution in [1.29, 1.82) is 0 Å². The topological polar surface area (TPSA) is 102 Å². The number of nitro benzene ring substituents is 1. The van der Waals surface area contributed by atoms with Crippen molar-refractivity contribution in [2.75, 3.05) is 13.2 Å². The van der Waals surface area contributed by atoms with E-state index in [2.05, 4.69) is 21.2 Å². The first-order valence-electron chi connectivity index (χ1n) is 6.48. The van der Waals surface area contributed by atoms with Gasteiger partial charge in [0.15, 0.2) is 0 Å². The molecule has 1 rings (SSSR count). The summed E-state index contributed by atoms with van der Waals surface area (Å²) in [6.45, 7) is 2.71. The minimum atomic E-state index is -0.938. The second-order valence-electron chi connectivity index (χ2n) is 4.38. The van der Waals surface area contributed by atoms with Gasteiger partial charge in [0, 0.05) is 17.0 Å². The molecule has 1 atom stereocenters. The summed E-state index contributed by atoms with van der Waals surface area (Å²) in [6.07, 6.45) is 1.11. The van der Waals surface area contributed by atoms with E-state index in [4.69, 9.17) is 9.84 Å². The van der Waals surface area contributed by atoms with E-state index in [-0.39, 0.29) is 18.7 Å². The molecule has 21 heavy (non-hydrogen) atoms. The van der Waals surface area contributed by atoms with E-state index in [0.29, 0.717) is 16.8 Å². The predicted molar refractivity (Wildman–Crippen MR) is 80.6 cm³/mol. The van der Waals surface area contributed by atoms with E-state index in [1.165, 1.54) is 12.1 Å². The van der Waals surface area contributed by atoms with Crippen molar-refractivity contribution in [3.05, 3.63) is 32.8 Å². The molecule has 8 heteroatoms. The summed E-state index contributed by atoms with van der Waals surface area (Å²) in [5.74, 6) is -0.608. The van der Waals surface area contributed by atoms with Crippen molar-refractivity contribution in [3.8, 4) is 5.75 Å². The molecule has 0 amide bonds. The Hall–Kier alpha value is -1.67. The highest BCUT2D eigenvalue weighted by Crippen LogP contribution is 2.26. The fourth-order valence-electron chi connectivity index (χ4n) is 1.66. The fourth-order valence-corrected chi connectivity index (χ4v) is 2.12. The third-order valence-electron chi connectivity index (χ3n) is 2.68. The van der Waals surface area contributed by atoms with Crippen LogP contribution >= 0.6 is 15.9 Å². The maximum absolute atomic E-state index is 11.0. The molecule has 1 aromatic carbocycles. The molecule has 0 fully saturated rings. The summed E-state index contributed by atoms with van der Waals surface area (Å²) in [6, 6.07) is 3.59. The van der Waals surface area contributed by atoms with Crippen molar-refractivity contribution in [3.63, 3.8) is 0 Å². The van der Waals surface area contributed by atoms with E-state index < -0.39 is 16.9 Å². The van der Waals surface area contributed by atoms with Crippen LogP contribution in [-0.4, -0.2) is 35.2 Å². The molecule has 1 aromatic rings. The molecule has 0 aliphatic carbocycles. The van der Waals surface area contributed by atoms with Gasteiger partial charge >= 0.3 is 5.97 Å². The number of non-ortho nitro benzene ring substituents is 1. The average Bonchev–Trinajstić information content (AvgIpc) is 2.41. The Morgan fingerprint density at radius 2 is 2.24 bits per heavy atom. The molecule has 2 N–H and O–H groups in total. The van der Waals surface area contributed by atoms with Crippen molar-refractivity contribution < 1.29 is 19.6 Å². The third-order valence-corrected chi connectivity index (χ3v) is 3.14. The lowest BCUT2D eigenvalue weighted by Crippen LogP contribution is -2.38. The maximum Gasteiger partial charge on any atom is 0.320 e. The summed E-state index contributed by atoms with van der Waals surface area (Å²) in [5.41, 5.74) is -0.0849. The fraction of sp³-hybridized carbons (Fsp3) is 0.462. The first kappa shape index (κ1) is 17.4. The highest BCUT2D eigenvalue weighted by atomic mass is 79.9. The van der Waals surface area contributed by atoms with E-state index in [9.17, 15) is 14.9 Å². The molecule has 1 unspecified atom stereocenters. The van der Waals surface area contributed by atoms with Crippen LogP contribution in [0.25, 0.3) is 0 Å². The summed E-state index contributed by atoms with van der Waals surface area (Å²) < 4.78 is 5.93. The molecule has 0 aliphatic rings. The monoisotopic (exact) mass is 360 g/mol. The third kappa shape index (κ3) is 6.09. The van der Waals surface area contributed by atoms with Gasteiger partial charge in [-0.2, -0.15) is 0 Å². The summed E-state index contributed by atoms with van der Waals surface area (Å²) in [5, 5.41) is 22.7. The Morgan fingerprint density at radius 1 is 1.52 bits per heavy atom. The second-order valence-corrected chi connectivity index (χ2v) is 5.30. The van der Waals surface area contributed by atoms with Crippen LogP contribution in [0.5, 0.6) is 5.75 Å². The zero-order chi connectivity index (χ0) is 15.8. The number of hydrogen-bond acceptors (Lipinski definition) is 5. The number of nitrogens with one attached hydrogen (secondary N) is 1. The molecule has 116 valence electrons. The number of ether oxygens (including phenoxy) is 1. The van der Waals surface area contributed by atoms with Gasteiger partial charge in [0.05, 0.1) is 17.6 Å². The number of carbonyl (C=O) groups is 1. The second kappa shape index (κ2) is 8.58. The molecule has 7 nitrogen and oxygen atoms in total.